The number of pyridine rings is 1. The molecule has 0 amide bonds. The van der Waals surface area contributed by atoms with Gasteiger partial charge in [0.25, 0.3) is 5.56 Å². The molecule has 1 fully saturated rings. The molecule has 0 radical (unpaired) electrons. The molecule has 28 heavy (non-hydrogen) atoms. The Hall–Kier alpha value is -3.19. The molecule has 0 saturated carbocycles. The summed E-state index contributed by atoms with van der Waals surface area (Å²) in [5, 5.41) is 15.3. The fraction of sp³-hybridized carbons (Fsp3) is 0.286. The summed E-state index contributed by atoms with van der Waals surface area (Å²) in [6, 6.07) is 17.2. The zero-order valence-corrected chi connectivity index (χ0v) is 15.4. The minimum absolute atomic E-state index is 0.0352. The number of para-hydroxylation sites is 1. The average Bonchev–Trinajstić information content (AvgIpc) is 2.70. The quantitative estimate of drug-likeness (QED) is 0.524. The second-order valence-electron chi connectivity index (χ2n) is 7.16. The number of nitrogens with zero attached hydrogens (tertiary/aromatic N) is 2. The molecule has 7 nitrogen and oxygen atoms in total. The molecular weight excluding hydrogens is 356 g/mol. The number of aromatic nitrogens is 1. The normalized spacial score (nSPS) is 15.6. The van der Waals surface area contributed by atoms with E-state index >= 15 is 0 Å². The van der Waals surface area contributed by atoms with Crippen molar-refractivity contribution >= 4 is 22.3 Å². The predicted octanol–water partition coefficient (Wildman–Crippen LogP) is 3.51. The van der Waals surface area contributed by atoms with E-state index in [2.05, 4.69) is 27.3 Å². The largest absolute Gasteiger partial charge is 0.372 e. The van der Waals surface area contributed by atoms with Gasteiger partial charge in [-0.3, -0.25) is 19.8 Å². The molecule has 2 N–H and O–H groups in total. The van der Waals surface area contributed by atoms with Crippen molar-refractivity contribution in [3.05, 3.63) is 80.6 Å². The molecule has 4 rings (SSSR count). The van der Waals surface area contributed by atoms with Crippen molar-refractivity contribution in [3.8, 4) is 0 Å². The summed E-state index contributed by atoms with van der Waals surface area (Å²) >= 11 is 0. The highest BCUT2D eigenvalue weighted by molar-refractivity contribution is 5.93. The number of benzene rings is 2. The van der Waals surface area contributed by atoms with Gasteiger partial charge in [0, 0.05) is 25.7 Å². The van der Waals surface area contributed by atoms with Gasteiger partial charge in [0.05, 0.1) is 15.8 Å². The van der Waals surface area contributed by atoms with Crippen LogP contribution in [0.25, 0.3) is 10.9 Å². The van der Waals surface area contributed by atoms with Crippen LogP contribution in [0.2, 0.25) is 0 Å². The summed E-state index contributed by atoms with van der Waals surface area (Å²) < 4.78 is 0. The molecule has 2 heterocycles. The molecule has 0 unspecified atom stereocenters. The standard InChI is InChI=1S/C21H22N4O3/c26-21-19(20(25(27)28)17-8-4-5-9-18(17)23-21)22-16-10-12-24(13-11-16)14-15-6-2-1-3-7-15/h1-9,16,22H,10-14H2,(H,23,26). The van der Waals surface area contributed by atoms with Crippen molar-refractivity contribution in [2.24, 2.45) is 0 Å². The predicted molar refractivity (Wildman–Crippen MR) is 110 cm³/mol. The van der Waals surface area contributed by atoms with Crippen molar-refractivity contribution < 1.29 is 4.92 Å². The highest BCUT2D eigenvalue weighted by atomic mass is 16.6. The van der Waals surface area contributed by atoms with Gasteiger partial charge < -0.3 is 10.3 Å². The maximum Gasteiger partial charge on any atom is 0.307 e. The number of piperidine rings is 1. The van der Waals surface area contributed by atoms with Crippen LogP contribution < -0.4 is 10.9 Å². The second-order valence-corrected chi connectivity index (χ2v) is 7.16. The zero-order valence-electron chi connectivity index (χ0n) is 15.4. The minimum atomic E-state index is -0.468. The number of aromatic amines is 1. The van der Waals surface area contributed by atoms with Crippen LogP contribution in [0.4, 0.5) is 11.4 Å². The molecule has 3 aromatic rings. The Balaban J connectivity index is 1.50. The lowest BCUT2D eigenvalue weighted by Gasteiger charge is -2.32. The fourth-order valence-corrected chi connectivity index (χ4v) is 3.83. The molecule has 144 valence electrons. The Morgan fingerprint density at radius 1 is 1.07 bits per heavy atom. The van der Waals surface area contributed by atoms with E-state index in [4.69, 9.17) is 0 Å². The smallest absolute Gasteiger partial charge is 0.307 e. The summed E-state index contributed by atoms with van der Waals surface area (Å²) in [6.45, 7) is 2.65. The molecule has 0 aliphatic carbocycles. The minimum Gasteiger partial charge on any atom is -0.372 e. The van der Waals surface area contributed by atoms with Crippen molar-refractivity contribution in [2.75, 3.05) is 18.4 Å². The Bertz CT molecular complexity index is 1040. The summed E-state index contributed by atoms with van der Waals surface area (Å²) in [7, 11) is 0. The molecule has 0 bridgehead atoms. The molecule has 1 aliphatic rings. The van der Waals surface area contributed by atoms with Crippen LogP contribution in [0, 0.1) is 10.1 Å². The van der Waals surface area contributed by atoms with Crippen molar-refractivity contribution in [2.45, 2.75) is 25.4 Å². The summed E-state index contributed by atoms with van der Waals surface area (Å²) in [6.07, 6.45) is 1.66. The van der Waals surface area contributed by atoms with Gasteiger partial charge in [-0.2, -0.15) is 0 Å². The molecule has 2 aromatic carbocycles. The maximum atomic E-state index is 12.5. The number of H-pyrrole nitrogens is 1. The van der Waals surface area contributed by atoms with Crippen LogP contribution in [-0.2, 0) is 6.54 Å². The number of hydrogen-bond donors (Lipinski definition) is 2. The van der Waals surface area contributed by atoms with E-state index in [1.807, 2.05) is 18.2 Å². The fourth-order valence-electron chi connectivity index (χ4n) is 3.83. The third-order valence-corrected chi connectivity index (χ3v) is 5.26. The number of nitrogens with one attached hydrogen (secondary N) is 2. The Labute approximate surface area is 162 Å². The van der Waals surface area contributed by atoms with Gasteiger partial charge in [0.15, 0.2) is 5.69 Å². The van der Waals surface area contributed by atoms with Gasteiger partial charge >= 0.3 is 5.69 Å². The van der Waals surface area contributed by atoms with E-state index in [0.29, 0.717) is 10.9 Å². The lowest BCUT2D eigenvalue weighted by atomic mass is 10.0. The van der Waals surface area contributed by atoms with Gasteiger partial charge in [0.1, 0.15) is 0 Å². The summed E-state index contributed by atoms with van der Waals surface area (Å²) in [5.74, 6) is 0. The number of likely N-dealkylation sites (tertiary alicyclic amines) is 1. The monoisotopic (exact) mass is 378 g/mol. The van der Waals surface area contributed by atoms with Gasteiger partial charge in [-0.25, -0.2) is 0 Å². The Morgan fingerprint density at radius 3 is 2.46 bits per heavy atom. The third-order valence-electron chi connectivity index (χ3n) is 5.26. The molecule has 0 spiro atoms. The Kier molecular flexibility index (Phi) is 5.08. The lowest BCUT2D eigenvalue weighted by Crippen LogP contribution is -2.39. The topological polar surface area (TPSA) is 91.3 Å². The molecule has 1 aliphatic heterocycles. The van der Waals surface area contributed by atoms with Gasteiger partial charge in [0.2, 0.25) is 0 Å². The number of anilines is 1. The first kappa shape index (κ1) is 18.2. The lowest BCUT2D eigenvalue weighted by molar-refractivity contribution is -0.382. The van der Waals surface area contributed by atoms with Crippen LogP contribution in [-0.4, -0.2) is 33.9 Å². The first-order valence-electron chi connectivity index (χ1n) is 9.44. The number of nitro groups is 1. The second kappa shape index (κ2) is 7.82. The average molecular weight is 378 g/mol. The molecule has 0 atom stereocenters. The molecular formula is C21H22N4O3. The van der Waals surface area contributed by atoms with E-state index in [0.717, 1.165) is 32.5 Å². The summed E-state index contributed by atoms with van der Waals surface area (Å²) in [4.78, 5) is 28.8. The van der Waals surface area contributed by atoms with Crippen molar-refractivity contribution in [3.63, 3.8) is 0 Å². The van der Waals surface area contributed by atoms with Gasteiger partial charge in [-0.15, -0.1) is 0 Å². The molecule has 1 aromatic heterocycles. The van der Waals surface area contributed by atoms with Gasteiger partial charge in [-0.05, 0) is 30.5 Å². The SMILES string of the molecule is O=c1[nH]c2ccccc2c([N+](=O)[O-])c1NC1CCN(Cc2ccccc2)CC1. The third kappa shape index (κ3) is 3.75. The highest BCUT2D eigenvalue weighted by Crippen LogP contribution is 2.30. The van der Waals surface area contributed by atoms with E-state index < -0.39 is 10.5 Å². The molecule has 7 heteroatoms. The van der Waals surface area contributed by atoms with E-state index in [1.165, 1.54) is 5.56 Å². The van der Waals surface area contributed by atoms with E-state index in [9.17, 15) is 14.9 Å². The summed E-state index contributed by atoms with van der Waals surface area (Å²) in [5.41, 5.74) is 1.21. The van der Waals surface area contributed by atoms with Crippen LogP contribution in [0.15, 0.2) is 59.4 Å². The first-order valence-corrected chi connectivity index (χ1v) is 9.44. The zero-order chi connectivity index (χ0) is 19.5. The van der Waals surface area contributed by atoms with Crippen LogP contribution in [0.1, 0.15) is 18.4 Å². The van der Waals surface area contributed by atoms with Crippen LogP contribution >= 0.6 is 0 Å². The highest BCUT2D eigenvalue weighted by Gasteiger charge is 2.26. The van der Waals surface area contributed by atoms with Crippen molar-refractivity contribution in [1.82, 2.24) is 9.88 Å². The number of rotatable bonds is 5. The number of fused-ring (bicyclic) bond motifs is 1. The molecule has 1 saturated heterocycles. The Morgan fingerprint density at radius 2 is 1.75 bits per heavy atom. The van der Waals surface area contributed by atoms with Crippen molar-refractivity contribution in [1.29, 1.82) is 0 Å². The van der Waals surface area contributed by atoms with Crippen LogP contribution in [0.3, 0.4) is 0 Å². The first-order chi connectivity index (χ1) is 13.6. The van der Waals surface area contributed by atoms with Gasteiger partial charge in [-0.1, -0.05) is 42.5 Å². The number of hydrogen-bond acceptors (Lipinski definition) is 5. The maximum absolute atomic E-state index is 12.5. The van der Waals surface area contributed by atoms with E-state index in [1.54, 1.807) is 24.3 Å². The van der Waals surface area contributed by atoms with Crippen LogP contribution in [0.5, 0.6) is 0 Å². The van der Waals surface area contributed by atoms with E-state index in [-0.39, 0.29) is 17.4 Å².